The molecule has 0 aromatic heterocycles. The van der Waals surface area contributed by atoms with E-state index in [0.29, 0.717) is 5.75 Å². The van der Waals surface area contributed by atoms with Crippen LogP contribution in [-0.2, 0) is 9.59 Å². The van der Waals surface area contributed by atoms with Crippen LogP contribution in [-0.4, -0.2) is 41.6 Å². The van der Waals surface area contributed by atoms with Gasteiger partial charge in [-0.15, -0.1) is 0 Å². The van der Waals surface area contributed by atoms with Crippen LogP contribution in [0.15, 0.2) is 30.0 Å². The van der Waals surface area contributed by atoms with Crippen molar-refractivity contribution in [1.82, 2.24) is 10.2 Å². The van der Waals surface area contributed by atoms with E-state index in [1.54, 1.807) is 37.5 Å². The number of nitrogens with zero attached hydrogens (tertiary/aromatic N) is 1. The number of carbonyl (C=O) groups excluding carboxylic acids is 2. The number of hydrogen-bond donors (Lipinski definition) is 2. The molecule has 1 aromatic carbocycles. The molecule has 0 aliphatic carbocycles. The Bertz CT molecular complexity index is 621. The van der Waals surface area contributed by atoms with Crippen molar-refractivity contribution in [3.05, 3.63) is 35.5 Å². The van der Waals surface area contributed by atoms with Crippen LogP contribution in [0.2, 0.25) is 0 Å². The summed E-state index contributed by atoms with van der Waals surface area (Å²) in [5.41, 5.74) is 0.919. The standard InChI is InChI=1S/C15H16N2O5/c1-22-11-6-4-10(5-7-11)9-12-14(20)17(15(21)16-12)8-2-3-13(18)19/h4-7,9H,2-3,8H2,1H3,(H,16,21)(H,18,19). The monoisotopic (exact) mass is 304 g/mol. The number of methoxy groups -OCH3 is 1. The molecule has 3 amide bonds. The van der Waals surface area contributed by atoms with Crippen LogP contribution in [0.25, 0.3) is 6.08 Å². The molecule has 1 aliphatic rings. The first kappa shape index (κ1) is 15.6. The number of ether oxygens (including phenoxy) is 1. The zero-order valence-corrected chi connectivity index (χ0v) is 12.0. The quantitative estimate of drug-likeness (QED) is 0.612. The minimum atomic E-state index is -0.957. The lowest BCUT2D eigenvalue weighted by Gasteiger charge is -2.10. The highest BCUT2D eigenvalue weighted by molar-refractivity contribution is 6.13. The van der Waals surface area contributed by atoms with Gasteiger partial charge in [0.1, 0.15) is 11.4 Å². The van der Waals surface area contributed by atoms with E-state index in [9.17, 15) is 14.4 Å². The first-order valence-electron chi connectivity index (χ1n) is 6.71. The van der Waals surface area contributed by atoms with E-state index in [2.05, 4.69) is 5.32 Å². The molecule has 0 atom stereocenters. The zero-order chi connectivity index (χ0) is 16.1. The Morgan fingerprint density at radius 1 is 1.32 bits per heavy atom. The highest BCUT2D eigenvalue weighted by atomic mass is 16.5. The van der Waals surface area contributed by atoms with Crippen LogP contribution < -0.4 is 10.1 Å². The molecule has 2 rings (SSSR count). The third-order valence-corrected chi connectivity index (χ3v) is 3.16. The average molecular weight is 304 g/mol. The van der Waals surface area contributed by atoms with Gasteiger partial charge >= 0.3 is 12.0 Å². The molecule has 116 valence electrons. The molecule has 0 spiro atoms. The van der Waals surface area contributed by atoms with Crippen LogP contribution in [0.4, 0.5) is 4.79 Å². The Morgan fingerprint density at radius 2 is 2.00 bits per heavy atom. The highest BCUT2D eigenvalue weighted by Crippen LogP contribution is 2.17. The fraction of sp³-hybridized carbons (Fsp3) is 0.267. The van der Waals surface area contributed by atoms with Gasteiger partial charge < -0.3 is 15.2 Å². The second-order valence-corrected chi connectivity index (χ2v) is 4.72. The van der Waals surface area contributed by atoms with E-state index in [4.69, 9.17) is 9.84 Å². The second kappa shape index (κ2) is 6.75. The molecule has 0 radical (unpaired) electrons. The number of aliphatic carboxylic acids is 1. The predicted octanol–water partition coefficient (Wildman–Crippen LogP) is 1.45. The number of rotatable bonds is 6. The first-order valence-corrected chi connectivity index (χ1v) is 6.71. The Labute approximate surface area is 127 Å². The molecular formula is C15H16N2O5. The van der Waals surface area contributed by atoms with Crippen LogP contribution >= 0.6 is 0 Å². The van der Waals surface area contributed by atoms with Crippen LogP contribution in [0, 0.1) is 0 Å². The predicted molar refractivity (Wildman–Crippen MR) is 78.1 cm³/mol. The smallest absolute Gasteiger partial charge is 0.329 e. The molecule has 22 heavy (non-hydrogen) atoms. The lowest BCUT2D eigenvalue weighted by molar-refractivity contribution is -0.137. The van der Waals surface area contributed by atoms with E-state index in [-0.39, 0.29) is 25.1 Å². The molecule has 1 fully saturated rings. The molecule has 1 saturated heterocycles. The maximum Gasteiger partial charge on any atom is 0.329 e. The topological polar surface area (TPSA) is 95.9 Å². The SMILES string of the molecule is COc1ccc(C=C2NC(=O)N(CCCC(=O)O)C2=O)cc1. The van der Waals surface area contributed by atoms with Crippen LogP contribution in [0.5, 0.6) is 5.75 Å². The summed E-state index contributed by atoms with van der Waals surface area (Å²) in [6, 6.07) is 6.49. The Balaban J connectivity index is 2.06. The first-order chi connectivity index (χ1) is 10.5. The van der Waals surface area contributed by atoms with Crippen molar-refractivity contribution in [3.8, 4) is 5.75 Å². The highest BCUT2D eigenvalue weighted by Gasteiger charge is 2.32. The molecule has 7 nitrogen and oxygen atoms in total. The van der Waals surface area contributed by atoms with Gasteiger partial charge in [-0.2, -0.15) is 0 Å². The van der Waals surface area contributed by atoms with Crippen LogP contribution in [0.3, 0.4) is 0 Å². The number of imide groups is 1. The van der Waals surface area contributed by atoms with Gasteiger partial charge in [-0.25, -0.2) is 4.79 Å². The van der Waals surface area contributed by atoms with Crippen molar-refractivity contribution in [1.29, 1.82) is 0 Å². The van der Waals surface area contributed by atoms with E-state index >= 15 is 0 Å². The summed E-state index contributed by atoms with van der Waals surface area (Å²) < 4.78 is 5.04. The maximum absolute atomic E-state index is 12.1. The van der Waals surface area contributed by atoms with Gasteiger partial charge in [-0.3, -0.25) is 14.5 Å². The van der Waals surface area contributed by atoms with Crippen LogP contribution in [0.1, 0.15) is 18.4 Å². The summed E-state index contributed by atoms with van der Waals surface area (Å²) in [5.74, 6) is -0.716. The molecule has 0 bridgehead atoms. The lowest BCUT2D eigenvalue weighted by Crippen LogP contribution is -2.32. The molecule has 2 N–H and O–H groups in total. The summed E-state index contributed by atoms with van der Waals surface area (Å²) in [6.07, 6.45) is 1.70. The average Bonchev–Trinajstić information content (AvgIpc) is 2.75. The van der Waals surface area contributed by atoms with Crippen molar-refractivity contribution < 1.29 is 24.2 Å². The third-order valence-electron chi connectivity index (χ3n) is 3.16. The Hall–Kier alpha value is -2.83. The lowest BCUT2D eigenvalue weighted by atomic mass is 10.2. The van der Waals surface area contributed by atoms with E-state index < -0.39 is 17.9 Å². The normalized spacial score (nSPS) is 16.0. The second-order valence-electron chi connectivity index (χ2n) is 4.72. The van der Waals surface area contributed by atoms with Crippen molar-refractivity contribution in [2.75, 3.05) is 13.7 Å². The summed E-state index contributed by atoms with van der Waals surface area (Å²) >= 11 is 0. The van der Waals surface area contributed by atoms with E-state index in [0.717, 1.165) is 10.5 Å². The Morgan fingerprint density at radius 3 is 2.59 bits per heavy atom. The number of hydrogen-bond acceptors (Lipinski definition) is 4. The minimum absolute atomic E-state index is 0.0803. The number of urea groups is 1. The molecule has 1 heterocycles. The Kier molecular flexibility index (Phi) is 4.77. The van der Waals surface area contributed by atoms with Gasteiger partial charge in [-0.1, -0.05) is 12.1 Å². The summed E-state index contributed by atoms with van der Waals surface area (Å²) in [6.45, 7) is 0.0803. The number of nitrogens with one attached hydrogen (secondary N) is 1. The van der Waals surface area contributed by atoms with E-state index in [1.807, 2.05) is 0 Å². The summed E-state index contributed by atoms with van der Waals surface area (Å²) in [5, 5.41) is 11.1. The van der Waals surface area contributed by atoms with Gasteiger partial charge in [0.15, 0.2) is 0 Å². The fourth-order valence-corrected chi connectivity index (χ4v) is 2.03. The number of benzene rings is 1. The van der Waals surface area contributed by atoms with Gasteiger partial charge in [0, 0.05) is 13.0 Å². The maximum atomic E-state index is 12.1. The summed E-state index contributed by atoms with van der Waals surface area (Å²) in [7, 11) is 1.56. The number of carbonyl (C=O) groups is 3. The minimum Gasteiger partial charge on any atom is -0.497 e. The fourth-order valence-electron chi connectivity index (χ4n) is 2.03. The van der Waals surface area contributed by atoms with Gasteiger partial charge in [0.25, 0.3) is 5.91 Å². The van der Waals surface area contributed by atoms with Gasteiger partial charge in [0.05, 0.1) is 7.11 Å². The van der Waals surface area contributed by atoms with Crippen molar-refractivity contribution in [2.45, 2.75) is 12.8 Å². The number of amides is 3. The summed E-state index contributed by atoms with van der Waals surface area (Å²) in [4.78, 5) is 35.3. The zero-order valence-electron chi connectivity index (χ0n) is 12.0. The molecule has 0 unspecified atom stereocenters. The molecule has 1 aromatic rings. The largest absolute Gasteiger partial charge is 0.497 e. The molecular weight excluding hydrogens is 288 g/mol. The number of carboxylic acids is 1. The van der Waals surface area contributed by atoms with Crippen molar-refractivity contribution in [3.63, 3.8) is 0 Å². The van der Waals surface area contributed by atoms with Crippen molar-refractivity contribution in [2.24, 2.45) is 0 Å². The van der Waals surface area contributed by atoms with E-state index in [1.165, 1.54) is 0 Å². The van der Waals surface area contributed by atoms with Crippen molar-refractivity contribution >= 4 is 24.0 Å². The van der Waals surface area contributed by atoms with Gasteiger partial charge in [-0.05, 0) is 30.2 Å². The molecule has 0 saturated carbocycles. The molecule has 1 aliphatic heterocycles. The van der Waals surface area contributed by atoms with Gasteiger partial charge in [0.2, 0.25) is 0 Å². The molecule has 7 heteroatoms. The third kappa shape index (κ3) is 3.63. The number of carboxylic acid groups (broad SMARTS) is 1.